The average molecular weight is 378 g/mol. The fraction of sp³-hybridized carbons (Fsp3) is 0.500. The van der Waals surface area contributed by atoms with Gasteiger partial charge in [-0.05, 0) is 37.4 Å². The summed E-state index contributed by atoms with van der Waals surface area (Å²) >= 11 is 0. The summed E-state index contributed by atoms with van der Waals surface area (Å²) in [6.45, 7) is 3.25. The van der Waals surface area contributed by atoms with Gasteiger partial charge in [0.2, 0.25) is 0 Å². The van der Waals surface area contributed by atoms with Crippen molar-refractivity contribution in [3.8, 4) is 0 Å². The number of likely N-dealkylation sites (tertiary alicyclic amines) is 1. The van der Waals surface area contributed by atoms with Gasteiger partial charge in [-0.3, -0.25) is 4.79 Å². The Hall–Kier alpha value is -2.31. The van der Waals surface area contributed by atoms with E-state index in [4.69, 9.17) is 9.72 Å². The molecule has 0 saturated carbocycles. The van der Waals surface area contributed by atoms with Gasteiger partial charge in [0.1, 0.15) is 0 Å². The number of hydrogen-bond donors (Lipinski definition) is 0. The lowest BCUT2D eigenvalue weighted by Crippen LogP contribution is -2.38. The zero-order valence-corrected chi connectivity index (χ0v) is 16.3. The quantitative estimate of drug-likeness (QED) is 0.803. The van der Waals surface area contributed by atoms with Gasteiger partial charge >= 0.3 is 0 Å². The molecule has 1 aromatic heterocycles. The molecule has 3 aliphatic rings. The molecule has 3 aliphatic heterocycles. The molecule has 0 spiro atoms. The highest BCUT2D eigenvalue weighted by molar-refractivity contribution is 5.83. The number of likely N-dealkylation sites (N-methyl/N-ethyl adjacent to an activating group) is 1. The zero-order chi connectivity index (χ0) is 19.1. The normalized spacial score (nSPS) is 24.7. The van der Waals surface area contributed by atoms with E-state index in [0.29, 0.717) is 6.61 Å². The molecule has 0 N–H and O–H groups in total. The van der Waals surface area contributed by atoms with Gasteiger partial charge in [0.05, 0.1) is 12.6 Å². The Morgan fingerprint density at radius 2 is 2.07 bits per heavy atom. The number of amides is 1. The van der Waals surface area contributed by atoms with Crippen molar-refractivity contribution in [1.82, 2.24) is 19.8 Å². The molecule has 146 valence electrons. The van der Waals surface area contributed by atoms with E-state index in [2.05, 4.69) is 23.0 Å². The van der Waals surface area contributed by atoms with E-state index < -0.39 is 6.10 Å². The standard InChI is InChI=1S/C22H26N4O2/c1-25-11-8-18-16(14-25)13-23-21(24-18)19-7-4-10-26(19)22(27)20-17-6-3-2-5-15(17)9-12-28-20/h2-3,5-6,13,19-20H,4,7-12,14H2,1H3/t19-,20+/m1/s1. The third-order valence-corrected chi connectivity index (χ3v) is 6.20. The molecule has 2 aromatic rings. The molecule has 0 bridgehead atoms. The topological polar surface area (TPSA) is 58.6 Å². The van der Waals surface area contributed by atoms with E-state index in [1.54, 1.807) is 0 Å². The van der Waals surface area contributed by atoms with Crippen molar-refractivity contribution in [2.24, 2.45) is 0 Å². The predicted octanol–water partition coefficient (Wildman–Crippen LogP) is 2.44. The summed E-state index contributed by atoms with van der Waals surface area (Å²) in [5.41, 5.74) is 4.58. The monoisotopic (exact) mass is 378 g/mol. The maximum absolute atomic E-state index is 13.4. The lowest BCUT2D eigenvalue weighted by atomic mass is 9.96. The number of ether oxygens (including phenoxy) is 1. The molecule has 0 unspecified atom stereocenters. The second kappa shape index (κ2) is 7.26. The summed E-state index contributed by atoms with van der Waals surface area (Å²) in [7, 11) is 2.12. The summed E-state index contributed by atoms with van der Waals surface area (Å²) in [6.07, 6.45) is 5.16. The predicted molar refractivity (Wildman–Crippen MR) is 105 cm³/mol. The number of carbonyl (C=O) groups is 1. The third kappa shape index (κ3) is 3.10. The van der Waals surface area contributed by atoms with Crippen LogP contribution in [0.1, 0.15) is 53.2 Å². The molecule has 0 aliphatic carbocycles. The van der Waals surface area contributed by atoms with Crippen molar-refractivity contribution in [2.45, 2.75) is 44.4 Å². The number of rotatable bonds is 2. The first-order valence-electron chi connectivity index (χ1n) is 10.2. The molecule has 1 aromatic carbocycles. The minimum Gasteiger partial charge on any atom is -0.363 e. The lowest BCUT2D eigenvalue weighted by molar-refractivity contribution is -0.146. The van der Waals surface area contributed by atoms with Crippen LogP contribution in [0.3, 0.4) is 0 Å². The second-order valence-corrected chi connectivity index (χ2v) is 8.08. The molecule has 28 heavy (non-hydrogen) atoms. The van der Waals surface area contributed by atoms with Gasteiger partial charge in [-0.2, -0.15) is 0 Å². The Kier molecular flexibility index (Phi) is 4.61. The molecular formula is C22H26N4O2. The van der Waals surface area contributed by atoms with Crippen LogP contribution >= 0.6 is 0 Å². The first-order chi connectivity index (χ1) is 13.7. The van der Waals surface area contributed by atoms with Crippen LogP contribution in [0.2, 0.25) is 0 Å². The largest absolute Gasteiger partial charge is 0.363 e. The van der Waals surface area contributed by atoms with Crippen LogP contribution in [0.25, 0.3) is 0 Å². The molecule has 1 saturated heterocycles. The number of carbonyl (C=O) groups excluding carboxylic acids is 1. The molecule has 4 heterocycles. The number of fused-ring (bicyclic) bond motifs is 2. The number of hydrogen-bond acceptors (Lipinski definition) is 5. The third-order valence-electron chi connectivity index (χ3n) is 6.20. The van der Waals surface area contributed by atoms with Crippen LogP contribution in [0.15, 0.2) is 30.5 Å². The number of nitrogens with zero attached hydrogens (tertiary/aromatic N) is 4. The lowest BCUT2D eigenvalue weighted by Gasteiger charge is -2.32. The zero-order valence-electron chi connectivity index (χ0n) is 16.3. The van der Waals surface area contributed by atoms with Gasteiger partial charge in [-0.1, -0.05) is 24.3 Å². The van der Waals surface area contributed by atoms with Crippen LogP contribution in [0.4, 0.5) is 0 Å². The van der Waals surface area contributed by atoms with Gasteiger partial charge in [0, 0.05) is 43.5 Å². The molecule has 2 atom stereocenters. The maximum Gasteiger partial charge on any atom is 0.256 e. The molecule has 1 amide bonds. The molecule has 1 fully saturated rings. The summed E-state index contributed by atoms with van der Waals surface area (Å²) in [4.78, 5) is 27.2. The summed E-state index contributed by atoms with van der Waals surface area (Å²) in [6, 6.07) is 8.09. The van der Waals surface area contributed by atoms with Gasteiger partial charge in [0.15, 0.2) is 11.9 Å². The fourth-order valence-corrected chi connectivity index (χ4v) is 4.68. The van der Waals surface area contributed by atoms with Gasteiger partial charge in [-0.15, -0.1) is 0 Å². The Balaban J connectivity index is 1.41. The van der Waals surface area contributed by atoms with E-state index in [-0.39, 0.29) is 11.9 Å². The van der Waals surface area contributed by atoms with Crippen LogP contribution in [-0.4, -0.2) is 52.4 Å². The van der Waals surface area contributed by atoms with Crippen molar-refractivity contribution in [1.29, 1.82) is 0 Å². The molecule has 0 radical (unpaired) electrons. The molecular weight excluding hydrogens is 352 g/mol. The van der Waals surface area contributed by atoms with E-state index in [1.165, 1.54) is 11.1 Å². The summed E-state index contributed by atoms with van der Waals surface area (Å²) < 4.78 is 5.93. The van der Waals surface area contributed by atoms with Gasteiger partial charge < -0.3 is 14.5 Å². The van der Waals surface area contributed by atoms with Crippen LogP contribution in [0, 0.1) is 0 Å². The smallest absolute Gasteiger partial charge is 0.256 e. The Labute approximate surface area is 165 Å². The Bertz CT molecular complexity index is 900. The Morgan fingerprint density at radius 3 is 3.00 bits per heavy atom. The second-order valence-electron chi connectivity index (χ2n) is 8.08. The maximum atomic E-state index is 13.4. The van der Waals surface area contributed by atoms with Crippen molar-refractivity contribution in [3.63, 3.8) is 0 Å². The van der Waals surface area contributed by atoms with Crippen LogP contribution in [-0.2, 0) is 28.9 Å². The van der Waals surface area contributed by atoms with Gasteiger partial charge in [0.25, 0.3) is 5.91 Å². The highest BCUT2D eigenvalue weighted by Gasteiger charge is 2.38. The van der Waals surface area contributed by atoms with Crippen molar-refractivity contribution in [3.05, 3.63) is 58.7 Å². The molecule has 6 heteroatoms. The van der Waals surface area contributed by atoms with Crippen molar-refractivity contribution in [2.75, 3.05) is 26.7 Å². The Morgan fingerprint density at radius 1 is 1.18 bits per heavy atom. The van der Waals surface area contributed by atoms with E-state index >= 15 is 0 Å². The van der Waals surface area contributed by atoms with E-state index in [9.17, 15) is 4.79 Å². The first kappa shape index (κ1) is 17.8. The highest BCUT2D eigenvalue weighted by Crippen LogP contribution is 2.36. The van der Waals surface area contributed by atoms with Crippen molar-refractivity contribution < 1.29 is 9.53 Å². The fourth-order valence-electron chi connectivity index (χ4n) is 4.68. The van der Waals surface area contributed by atoms with E-state index in [0.717, 1.165) is 62.4 Å². The molecule has 6 nitrogen and oxygen atoms in total. The molecule has 5 rings (SSSR count). The minimum absolute atomic E-state index is 0.0462. The van der Waals surface area contributed by atoms with Crippen LogP contribution in [0.5, 0.6) is 0 Å². The summed E-state index contributed by atoms with van der Waals surface area (Å²) in [5.74, 6) is 0.842. The van der Waals surface area contributed by atoms with Gasteiger partial charge in [-0.25, -0.2) is 9.97 Å². The average Bonchev–Trinajstić information content (AvgIpc) is 3.22. The first-order valence-corrected chi connectivity index (χ1v) is 10.2. The minimum atomic E-state index is -0.503. The van der Waals surface area contributed by atoms with Crippen LogP contribution < -0.4 is 0 Å². The van der Waals surface area contributed by atoms with E-state index in [1.807, 2.05) is 29.3 Å². The number of benzene rings is 1. The summed E-state index contributed by atoms with van der Waals surface area (Å²) in [5, 5.41) is 0. The highest BCUT2D eigenvalue weighted by atomic mass is 16.5. The SMILES string of the molecule is CN1CCc2nc([C@H]3CCCN3C(=O)[C@H]3OCCc4ccccc43)ncc2C1. The number of aromatic nitrogens is 2. The van der Waals surface area contributed by atoms with Crippen molar-refractivity contribution >= 4 is 5.91 Å².